The number of fused-ring (bicyclic) bond motifs is 1. The van der Waals surface area contributed by atoms with Crippen molar-refractivity contribution in [1.82, 2.24) is 5.16 Å². The zero-order valence-electron chi connectivity index (χ0n) is 17.4. The third-order valence-electron chi connectivity index (χ3n) is 6.33. The number of hydrogen-bond acceptors (Lipinski definition) is 6. The summed E-state index contributed by atoms with van der Waals surface area (Å²) in [6.07, 6.45) is -2.24. The number of alkyl halides is 3. The Kier molecular flexibility index (Phi) is 5.75. The van der Waals surface area contributed by atoms with Gasteiger partial charge in [0.2, 0.25) is 0 Å². The summed E-state index contributed by atoms with van der Waals surface area (Å²) in [7, 11) is 0. The molecule has 1 saturated carbocycles. The minimum atomic E-state index is -4.45. The van der Waals surface area contributed by atoms with Crippen LogP contribution in [-0.2, 0) is 11.6 Å². The first kappa shape index (κ1) is 22.0. The molecule has 0 bridgehead atoms. The maximum absolute atomic E-state index is 13.6. The third-order valence-corrected chi connectivity index (χ3v) is 6.33. The Morgan fingerprint density at radius 3 is 2.59 bits per heavy atom. The minimum Gasteiger partial charge on any atom is -0.383 e. The van der Waals surface area contributed by atoms with Crippen molar-refractivity contribution >= 4 is 16.5 Å². The van der Waals surface area contributed by atoms with Crippen molar-refractivity contribution in [3.05, 3.63) is 74.6 Å². The predicted molar refractivity (Wildman–Crippen MR) is 115 cm³/mol. The standard InChI is InChI=1S/C23H22F3N3O3/c1-14-18-11-15(7-8-17(18)21(30)32-29-14)27-13-16(28-31)12-22(9-4-10-22)19-5-2-3-6-20(19)23(24,25)26/h2-3,5-8,11,16,27H,4,9-10,12-13H2,1H3. The average molecular weight is 445 g/mol. The highest BCUT2D eigenvalue weighted by molar-refractivity contribution is 5.86. The van der Waals surface area contributed by atoms with Crippen molar-refractivity contribution in [3.63, 3.8) is 0 Å². The van der Waals surface area contributed by atoms with E-state index < -0.39 is 28.8 Å². The number of aryl methyl sites for hydroxylation is 1. The molecular formula is C23H22F3N3O3. The fourth-order valence-corrected chi connectivity index (χ4v) is 4.55. The molecule has 4 rings (SSSR count). The Hall–Kier alpha value is -3.23. The van der Waals surface area contributed by atoms with Crippen LogP contribution >= 0.6 is 0 Å². The van der Waals surface area contributed by atoms with Crippen LogP contribution in [0.3, 0.4) is 0 Å². The van der Waals surface area contributed by atoms with Crippen LogP contribution in [-0.4, -0.2) is 17.7 Å². The van der Waals surface area contributed by atoms with Crippen molar-refractivity contribution < 1.29 is 17.7 Å². The van der Waals surface area contributed by atoms with E-state index in [1.807, 2.05) is 0 Å². The number of rotatable bonds is 7. The van der Waals surface area contributed by atoms with E-state index in [-0.39, 0.29) is 18.5 Å². The van der Waals surface area contributed by atoms with Crippen LogP contribution in [0.1, 0.15) is 42.5 Å². The molecule has 1 fully saturated rings. The molecule has 32 heavy (non-hydrogen) atoms. The molecule has 1 N–H and O–H groups in total. The van der Waals surface area contributed by atoms with E-state index in [1.165, 1.54) is 12.1 Å². The van der Waals surface area contributed by atoms with Crippen molar-refractivity contribution in [2.24, 2.45) is 5.18 Å². The number of nitroso groups, excluding NO2 is 1. The van der Waals surface area contributed by atoms with Gasteiger partial charge in [-0.2, -0.15) is 18.1 Å². The van der Waals surface area contributed by atoms with Gasteiger partial charge >= 0.3 is 11.8 Å². The molecule has 0 radical (unpaired) electrons. The predicted octanol–water partition coefficient (Wildman–Crippen LogP) is 5.57. The first-order chi connectivity index (χ1) is 15.2. The average Bonchev–Trinajstić information content (AvgIpc) is 2.75. The van der Waals surface area contributed by atoms with Gasteiger partial charge in [-0.05, 0) is 61.4 Å². The molecule has 1 aliphatic carbocycles. The van der Waals surface area contributed by atoms with Gasteiger partial charge in [0.25, 0.3) is 0 Å². The van der Waals surface area contributed by atoms with Crippen LogP contribution in [0.5, 0.6) is 0 Å². The summed E-state index contributed by atoms with van der Waals surface area (Å²) in [6.45, 7) is 1.88. The Labute approximate surface area is 181 Å². The smallest absolute Gasteiger partial charge is 0.383 e. The van der Waals surface area contributed by atoms with Crippen molar-refractivity contribution in [1.29, 1.82) is 0 Å². The SMILES string of the molecule is Cc1noc(=O)c2ccc(NCC(CC3(c4ccccc4C(F)(F)F)CCC3)N=O)cc12. The second-order valence-corrected chi connectivity index (χ2v) is 8.34. The van der Waals surface area contributed by atoms with E-state index in [0.29, 0.717) is 35.0 Å². The molecule has 2 aromatic carbocycles. The van der Waals surface area contributed by atoms with E-state index >= 15 is 0 Å². The van der Waals surface area contributed by atoms with E-state index in [2.05, 4.69) is 15.7 Å². The molecule has 1 heterocycles. The summed E-state index contributed by atoms with van der Waals surface area (Å²) < 4.78 is 45.5. The molecule has 0 amide bonds. The molecular weight excluding hydrogens is 423 g/mol. The van der Waals surface area contributed by atoms with Gasteiger partial charge in [0.1, 0.15) is 6.04 Å². The maximum Gasteiger partial charge on any atom is 0.416 e. The lowest BCUT2D eigenvalue weighted by Gasteiger charge is -2.44. The fraction of sp³-hybridized carbons (Fsp3) is 0.391. The highest BCUT2D eigenvalue weighted by Gasteiger charge is 2.46. The van der Waals surface area contributed by atoms with Crippen molar-refractivity contribution in [2.45, 2.75) is 50.2 Å². The van der Waals surface area contributed by atoms with Gasteiger partial charge in [0, 0.05) is 17.6 Å². The van der Waals surface area contributed by atoms with Crippen LogP contribution in [0, 0.1) is 11.8 Å². The van der Waals surface area contributed by atoms with Gasteiger partial charge in [-0.15, -0.1) is 0 Å². The molecule has 168 valence electrons. The normalized spacial score (nSPS) is 16.4. The summed E-state index contributed by atoms with van der Waals surface area (Å²) in [5, 5.41) is 11.1. The molecule has 1 aliphatic rings. The van der Waals surface area contributed by atoms with Crippen LogP contribution in [0.2, 0.25) is 0 Å². The van der Waals surface area contributed by atoms with Crippen LogP contribution in [0.4, 0.5) is 18.9 Å². The summed E-state index contributed by atoms with van der Waals surface area (Å²) in [5.41, 5.74) is -0.458. The quantitative estimate of drug-likeness (QED) is 0.481. The number of nitrogens with one attached hydrogen (secondary N) is 1. The summed E-state index contributed by atoms with van der Waals surface area (Å²) in [4.78, 5) is 23.4. The van der Waals surface area contributed by atoms with Gasteiger partial charge in [-0.1, -0.05) is 35.0 Å². The van der Waals surface area contributed by atoms with Crippen LogP contribution < -0.4 is 10.9 Å². The second-order valence-electron chi connectivity index (χ2n) is 8.34. The van der Waals surface area contributed by atoms with Crippen LogP contribution in [0.15, 0.2) is 57.0 Å². The maximum atomic E-state index is 13.6. The Bertz CT molecular complexity index is 1200. The molecule has 0 saturated heterocycles. The fourth-order valence-electron chi connectivity index (χ4n) is 4.55. The lowest BCUT2D eigenvalue weighted by atomic mass is 9.60. The molecule has 1 unspecified atom stereocenters. The van der Waals surface area contributed by atoms with E-state index in [9.17, 15) is 22.9 Å². The largest absolute Gasteiger partial charge is 0.416 e. The topological polar surface area (TPSA) is 84.6 Å². The summed E-state index contributed by atoms with van der Waals surface area (Å²) in [6, 6.07) is 9.90. The third kappa shape index (κ3) is 4.11. The van der Waals surface area contributed by atoms with E-state index in [1.54, 1.807) is 31.2 Å². The second kappa shape index (κ2) is 8.37. The van der Waals surface area contributed by atoms with Gasteiger partial charge in [0.05, 0.1) is 16.6 Å². The molecule has 6 nitrogen and oxygen atoms in total. The molecule has 3 aromatic rings. The molecule has 1 atom stereocenters. The van der Waals surface area contributed by atoms with Gasteiger partial charge in [-0.25, -0.2) is 4.79 Å². The van der Waals surface area contributed by atoms with E-state index in [0.717, 1.165) is 12.5 Å². The Morgan fingerprint density at radius 2 is 1.94 bits per heavy atom. The Balaban J connectivity index is 1.54. The van der Waals surface area contributed by atoms with Crippen molar-refractivity contribution in [2.75, 3.05) is 11.9 Å². The van der Waals surface area contributed by atoms with Gasteiger partial charge in [0.15, 0.2) is 0 Å². The number of anilines is 1. The minimum absolute atomic E-state index is 0.166. The first-order valence-corrected chi connectivity index (χ1v) is 10.4. The number of benzene rings is 2. The monoisotopic (exact) mass is 445 g/mol. The highest BCUT2D eigenvalue weighted by atomic mass is 19.4. The Morgan fingerprint density at radius 1 is 1.19 bits per heavy atom. The van der Waals surface area contributed by atoms with Gasteiger partial charge < -0.3 is 9.84 Å². The van der Waals surface area contributed by atoms with Crippen molar-refractivity contribution in [3.8, 4) is 0 Å². The lowest BCUT2D eigenvalue weighted by molar-refractivity contribution is -0.139. The number of halogens is 3. The lowest BCUT2D eigenvalue weighted by Crippen LogP contribution is -2.40. The molecule has 0 spiro atoms. The summed E-state index contributed by atoms with van der Waals surface area (Å²) in [5.74, 6) is 0. The first-order valence-electron chi connectivity index (χ1n) is 10.4. The number of aromatic nitrogens is 1. The van der Waals surface area contributed by atoms with E-state index in [4.69, 9.17) is 4.52 Å². The number of hydrogen-bond donors (Lipinski definition) is 1. The zero-order valence-corrected chi connectivity index (χ0v) is 17.4. The molecule has 9 heteroatoms. The molecule has 0 aliphatic heterocycles. The summed E-state index contributed by atoms with van der Waals surface area (Å²) >= 11 is 0. The highest BCUT2D eigenvalue weighted by Crippen LogP contribution is 2.51. The van der Waals surface area contributed by atoms with Crippen LogP contribution in [0.25, 0.3) is 10.8 Å². The van der Waals surface area contributed by atoms with Gasteiger partial charge in [-0.3, -0.25) is 0 Å². The molecule has 1 aromatic heterocycles. The zero-order chi connectivity index (χ0) is 22.9. The number of nitrogens with zero attached hydrogens (tertiary/aromatic N) is 2.